The number of aromatic nitrogens is 1. The molecule has 2 fully saturated rings. The fourth-order valence-corrected chi connectivity index (χ4v) is 3.38. The van der Waals surface area contributed by atoms with Crippen LogP contribution < -0.4 is 5.32 Å². The molecule has 0 radical (unpaired) electrons. The maximum absolute atomic E-state index is 6.06. The van der Waals surface area contributed by atoms with Gasteiger partial charge in [-0.05, 0) is 54.2 Å². The largest absolute Gasteiger partial charge is 0.379 e. The van der Waals surface area contributed by atoms with Crippen LogP contribution in [0.25, 0.3) is 0 Å². The highest BCUT2D eigenvalue weighted by atomic mass is 35.5. The van der Waals surface area contributed by atoms with Gasteiger partial charge in [0.15, 0.2) is 0 Å². The van der Waals surface area contributed by atoms with Crippen molar-refractivity contribution in [1.82, 2.24) is 9.88 Å². The first kappa shape index (κ1) is 15.9. The topological polar surface area (TPSA) is 37.4 Å². The lowest BCUT2D eigenvalue weighted by Gasteiger charge is -2.27. The van der Waals surface area contributed by atoms with E-state index in [1.165, 1.54) is 24.0 Å². The molecule has 2 aromatic rings. The number of pyridine rings is 1. The third kappa shape index (κ3) is 3.89. The van der Waals surface area contributed by atoms with Crippen LogP contribution in [0, 0.1) is 0 Å². The smallest absolute Gasteiger partial charge is 0.130 e. The van der Waals surface area contributed by atoms with Crippen LogP contribution in [0.15, 0.2) is 36.5 Å². The number of ether oxygens (including phenoxy) is 1. The van der Waals surface area contributed by atoms with Crippen molar-refractivity contribution in [3.05, 3.63) is 52.7 Å². The molecule has 1 aromatic heterocycles. The summed E-state index contributed by atoms with van der Waals surface area (Å²) in [5.41, 5.74) is 3.77. The summed E-state index contributed by atoms with van der Waals surface area (Å²) in [7, 11) is 0. The average molecular weight is 344 g/mol. The van der Waals surface area contributed by atoms with Crippen LogP contribution in [-0.2, 0) is 11.3 Å². The number of halogens is 1. The second-order valence-electron chi connectivity index (χ2n) is 6.57. The van der Waals surface area contributed by atoms with E-state index in [0.29, 0.717) is 5.92 Å². The van der Waals surface area contributed by atoms with E-state index in [4.69, 9.17) is 16.3 Å². The minimum absolute atomic E-state index is 0.698. The van der Waals surface area contributed by atoms with Crippen molar-refractivity contribution in [3.63, 3.8) is 0 Å². The molecule has 2 aliphatic rings. The van der Waals surface area contributed by atoms with Crippen LogP contribution in [0.4, 0.5) is 11.5 Å². The average Bonchev–Trinajstić information content (AvgIpc) is 3.42. The van der Waals surface area contributed by atoms with Crippen LogP contribution >= 0.6 is 11.6 Å². The van der Waals surface area contributed by atoms with Gasteiger partial charge in [0.05, 0.1) is 13.2 Å². The second-order valence-corrected chi connectivity index (χ2v) is 7.00. The fraction of sp³-hybridized carbons (Fsp3) is 0.421. The first-order chi connectivity index (χ1) is 11.8. The molecule has 1 N–H and O–H groups in total. The maximum Gasteiger partial charge on any atom is 0.130 e. The molecule has 1 saturated carbocycles. The first-order valence-electron chi connectivity index (χ1n) is 8.59. The Morgan fingerprint density at radius 2 is 2.04 bits per heavy atom. The summed E-state index contributed by atoms with van der Waals surface area (Å²) >= 11 is 6.06. The van der Waals surface area contributed by atoms with Gasteiger partial charge in [-0.2, -0.15) is 0 Å². The molecule has 1 aliphatic heterocycles. The van der Waals surface area contributed by atoms with Crippen LogP contribution in [0.3, 0.4) is 0 Å². The van der Waals surface area contributed by atoms with Gasteiger partial charge in [0.1, 0.15) is 5.82 Å². The molecule has 1 saturated heterocycles. The molecule has 0 amide bonds. The predicted molar refractivity (Wildman–Crippen MR) is 97.0 cm³/mol. The van der Waals surface area contributed by atoms with E-state index >= 15 is 0 Å². The van der Waals surface area contributed by atoms with Gasteiger partial charge in [-0.1, -0.05) is 17.7 Å². The molecular formula is C19H22ClN3O. The van der Waals surface area contributed by atoms with Crippen LogP contribution in [-0.4, -0.2) is 36.2 Å². The summed E-state index contributed by atoms with van der Waals surface area (Å²) in [6.45, 7) is 4.65. The van der Waals surface area contributed by atoms with Crippen molar-refractivity contribution in [3.8, 4) is 0 Å². The third-order valence-electron chi connectivity index (χ3n) is 4.63. The lowest BCUT2D eigenvalue weighted by Crippen LogP contribution is -2.35. The standard InChI is InChI=1S/C19H22ClN3O/c20-16-2-1-3-17(10-16)22-19-11-18(14-4-5-14)15(12-21-19)13-23-6-8-24-9-7-23/h1-3,10-12,14H,4-9,13H2,(H,21,22). The van der Waals surface area contributed by atoms with Crippen LogP contribution in [0.1, 0.15) is 29.9 Å². The normalized spacial score (nSPS) is 18.5. The number of nitrogens with one attached hydrogen (secondary N) is 1. The minimum Gasteiger partial charge on any atom is -0.379 e. The highest BCUT2D eigenvalue weighted by Gasteiger charge is 2.27. The number of hydrogen-bond acceptors (Lipinski definition) is 4. The van der Waals surface area contributed by atoms with Gasteiger partial charge in [0.2, 0.25) is 0 Å². The predicted octanol–water partition coefficient (Wildman–Crippen LogP) is 4.19. The van der Waals surface area contributed by atoms with Gasteiger partial charge < -0.3 is 10.1 Å². The summed E-state index contributed by atoms with van der Waals surface area (Å²) in [5, 5.41) is 4.10. The molecule has 2 heterocycles. The zero-order valence-corrected chi connectivity index (χ0v) is 14.4. The molecule has 5 heteroatoms. The number of nitrogens with zero attached hydrogens (tertiary/aromatic N) is 2. The highest BCUT2D eigenvalue weighted by molar-refractivity contribution is 6.30. The van der Waals surface area contributed by atoms with E-state index in [-0.39, 0.29) is 0 Å². The molecule has 0 atom stereocenters. The molecule has 4 nitrogen and oxygen atoms in total. The number of hydrogen-bond donors (Lipinski definition) is 1. The molecule has 1 aliphatic carbocycles. The Labute approximate surface area is 147 Å². The van der Waals surface area contributed by atoms with E-state index in [1.54, 1.807) is 0 Å². The Bertz CT molecular complexity index is 712. The Hall–Kier alpha value is -1.62. The summed E-state index contributed by atoms with van der Waals surface area (Å²) in [6, 6.07) is 9.96. The van der Waals surface area contributed by atoms with Gasteiger partial charge in [0.25, 0.3) is 0 Å². The van der Waals surface area contributed by atoms with Crippen molar-refractivity contribution in [2.24, 2.45) is 0 Å². The minimum atomic E-state index is 0.698. The van der Waals surface area contributed by atoms with Gasteiger partial charge in [-0.15, -0.1) is 0 Å². The maximum atomic E-state index is 6.06. The number of benzene rings is 1. The molecule has 0 bridgehead atoms. The zero-order valence-electron chi connectivity index (χ0n) is 13.7. The lowest BCUT2D eigenvalue weighted by atomic mass is 10.0. The van der Waals surface area contributed by atoms with Gasteiger partial charge in [-0.3, -0.25) is 4.90 Å². The Morgan fingerprint density at radius 1 is 1.21 bits per heavy atom. The highest BCUT2D eigenvalue weighted by Crippen LogP contribution is 2.42. The number of morpholine rings is 1. The molecule has 126 valence electrons. The van der Waals surface area contributed by atoms with Crippen molar-refractivity contribution in [2.75, 3.05) is 31.6 Å². The monoisotopic (exact) mass is 343 g/mol. The van der Waals surface area contributed by atoms with Crippen molar-refractivity contribution in [2.45, 2.75) is 25.3 Å². The number of anilines is 2. The second kappa shape index (κ2) is 7.09. The first-order valence-corrected chi connectivity index (χ1v) is 8.97. The van der Waals surface area contributed by atoms with E-state index in [1.807, 2.05) is 30.5 Å². The molecular weight excluding hydrogens is 322 g/mol. The molecule has 1 aromatic carbocycles. The van der Waals surface area contributed by atoms with Gasteiger partial charge >= 0.3 is 0 Å². The zero-order chi connectivity index (χ0) is 16.4. The third-order valence-corrected chi connectivity index (χ3v) is 4.87. The molecule has 24 heavy (non-hydrogen) atoms. The lowest BCUT2D eigenvalue weighted by molar-refractivity contribution is 0.0340. The Morgan fingerprint density at radius 3 is 2.79 bits per heavy atom. The summed E-state index contributed by atoms with van der Waals surface area (Å²) in [4.78, 5) is 7.08. The van der Waals surface area contributed by atoms with Crippen molar-refractivity contribution in [1.29, 1.82) is 0 Å². The van der Waals surface area contributed by atoms with Gasteiger partial charge in [-0.25, -0.2) is 4.98 Å². The Kier molecular flexibility index (Phi) is 4.69. The summed E-state index contributed by atoms with van der Waals surface area (Å²) < 4.78 is 5.44. The quantitative estimate of drug-likeness (QED) is 0.883. The number of rotatable bonds is 5. The van der Waals surface area contributed by atoms with Crippen molar-refractivity contribution < 1.29 is 4.74 Å². The SMILES string of the molecule is Clc1cccc(Nc2cc(C3CC3)c(CN3CCOCC3)cn2)c1. The van der Waals surface area contributed by atoms with Crippen molar-refractivity contribution >= 4 is 23.1 Å². The molecule has 0 spiro atoms. The van der Waals surface area contributed by atoms with E-state index in [0.717, 1.165) is 49.4 Å². The van der Waals surface area contributed by atoms with Crippen LogP contribution in [0.2, 0.25) is 5.02 Å². The molecule has 0 unspecified atom stereocenters. The van der Waals surface area contributed by atoms with E-state index in [9.17, 15) is 0 Å². The Balaban J connectivity index is 1.53. The van der Waals surface area contributed by atoms with E-state index in [2.05, 4.69) is 21.3 Å². The summed E-state index contributed by atoms with van der Waals surface area (Å²) in [5.74, 6) is 1.59. The van der Waals surface area contributed by atoms with Crippen LogP contribution in [0.5, 0.6) is 0 Å². The van der Waals surface area contributed by atoms with Gasteiger partial charge in [0, 0.05) is 36.5 Å². The summed E-state index contributed by atoms with van der Waals surface area (Å²) in [6.07, 6.45) is 4.61. The fourth-order valence-electron chi connectivity index (χ4n) is 3.19. The van der Waals surface area contributed by atoms with E-state index < -0.39 is 0 Å². The molecule has 4 rings (SSSR count).